The van der Waals surface area contributed by atoms with Crippen molar-refractivity contribution in [2.45, 2.75) is 45.8 Å². The highest BCUT2D eigenvalue weighted by molar-refractivity contribution is 5.25. The number of imidazole rings is 1. The van der Waals surface area contributed by atoms with Crippen LogP contribution in [0.2, 0.25) is 0 Å². The lowest BCUT2D eigenvalue weighted by molar-refractivity contribution is 0.239. The molecule has 1 atom stereocenters. The molecule has 21 heavy (non-hydrogen) atoms. The molecule has 1 fully saturated rings. The lowest BCUT2D eigenvalue weighted by Crippen LogP contribution is -2.24. The van der Waals surface area contributed by atoms with Crippen molar-refractivity contribution in [2.24, 2.45) is 0 Å². The van der Waals surface area contributed by atoms with Crippen LogP contribution in [0.5, 0.6) is 0 Å². The highest BCUT2D eigenvalue weighted by Gasteiger charge is 2.29. The Labute approximate surface area is 124 Å². The van der Waals surface area contributed by atoms with Gasteiger partial charge in [0.2, 0.25) is 0 Å². The lowest BCUT2D eigenvalue weighted by Gasteiger charge is -2.23. The molecule has 0 bridgehead atoms. The van der Waals surface area contributed by atoms with Crippen LogP contribution < -0.4 is 0 Å². The fraction of sp³-hybridized carbons (Fsp3) is 0.600. The van der Waals surface area contributed by atoms with Crippen LogP contribution in [0.1, 0.15) is 41.7 Å². The molecular weight excluding hydrogens is 266 g/mol. The first-order valence-corrected chi connectivity index (χ1v) is 7.57. The minimum absolute atomic E-state index is 0.125. The summed E-state index contributed by atoms with van der Waals surface area (Å²) in [6.07, 6.45) is 6.06. The maximum absolute atomic E-state index is 9.11. The van der Waals surface area contributed by atoms with Crippen molar-refractivity contribution in [3.63, 3.8) is 0 Å². The van der Waals surface area contributed by atoms with E-state index in [0.717, 1.165) is 36.7 Å². The van der Waals surface area contributed by atoms with Crippen LogP contribution in [0.3, 0.4) is 0 Å². The number of H-pyrrole nitrogens is 1. The van der Waals surface area contributed by atoms with Crippen molar-refractivity contribution < 1.29 is 5.11 Å². The average Bonchev–Trinajstić information content (AvgIpc) is 3.17. The number of aromatic amines is 1. The number of aryl methyl sites for hydroxylation is 1. The molecule has 0 aliphatic carbocycles. The van der Waals surface area contributed by atoms with Crippen molar-refractivity contribution in [3.05, 3.63) is 35.2 Å². The molecule has 2 aromatic heterocycles. The summed E-state index contributed by atoms with van der Waals surface area (Å²) in [5.74, 6) is 1.06. The molecular formula is C15H23N5O. The van der Waals surface area contributed by atoms with Crippen LogP contribution in [0, 0.1) is 13.8 Å². The minimum Gasteiger partial charge on any atom is -0.394 e. The molecule has 1 aliphatic rings. The van der Waals surface area contributed by atoms with Crippen molar-refractivity contribution in [1.29, 1.82) is 0 Å². The van der Waals surface area contributed by atoms with E-state index >= 15 is 0 Å². The number of hydrogen-bond acceptors (Lipinski definition) is 4. The van der Waals surface area contributed by atoms with E-state index in [-0.39, 0.29) is 6.61 Å². The standard InChI is InChI=1S/C15H23N5O/c1-11-13(12(2)20(18-11)8-9-21)10-19-7-3-4-14(19)15-16-5-6-17-15/h5-6,14,21H,3-4,7-10H2,1-2H3,(H,16,17)/t14-/m1/s1. The molecule has 0 unspecified atom stereocenters. The first-order valence-electron chi connectivity index (χ1n) is 7.57. The minimum atomic E-state index is 0.125. The Bertz CT molecular complexity index is 589. The molecule has 1 saturated heterocycles. The van der Waals surface area contributed by atoms with Gasteiger partial charge in [0, 0.05) is 30.2 Å². The van der Waals surface area contributed by atoms with E-state index in [0.29, 0.717) is 12.6 Å². The molecule has 3 heterocycles. The molecule has 6 heteroatoms. The van der Waals surface area contributed by atoms with Crippen LogP contribution >= 0.6 is 0 Å². The number of hydrogen-bond donors (Lipinski definition) is 2. The van der Waals surface area contributed by atoms with Gasteiger partial charge in [-0.05, 0) is 33.2 Å². The van der Waals surface area contributed by atoms with Crippen LogP contribution in [0.4, 0.5) is 0 Å². The van der Waals surface area contributed by atoms with Crippen molar-refractivity contribution in [3.8, 4) is 0 Å². The highest BCUT2D eigenvalue weighted by atomic mass is 16.3. The van der Waals surface area contributed by atoms with Crippen molar-refractivity contribution in [1.82, 2.24) is 24.6 Å². The summed E-state index contributed by atoms with van der Waals surface area (Å²) >= 11 is 0. The quantitative estimate of drug-likeness (QED) is 0.876. The fourth-order valence-electron chi connectivity index (χ4n) is 3.26. The predicted octanol–water partition coefficient (Wildman–Crippen LogP) is 1.55. The Morgan fingerprint density at radius 3 is 3.00 bits per heavy atom. The van der Waals surface area contributed by atoms with E-state index in [1.54, 1.807) is 0 Å². The molecule has 0 amide bonds. The molecule has 1 aliphatic heterocycles. The summed E-state index contributed by atoms with van der Waals surface area (Å²) in [4.78, 5) is 10.1. The van der Waals surface area contributed by atoms with Crippen LogP contribution in [0.25, 0.3) is 0 Å². The molecule has 6 nitrogen and oxygen atoms in total. The second-order valence-electron chi connectivity index (χ2n) is 5.70. The van der Waals surface area contributed by atoms with Gasteiger partial charge in [-0.25, -0.2) is 4.98 Å². The van der Waals surface area contributed by atoms with Gasteiger partial charge in [0.15, 0.2) is 0 Å². The van der Waals surface area contributed by atoms with E-state index in [1.807, 2.05) is 24.0 Å². The Kier molecular flexibility index (Phi) is 4.07. The molecule has 0 aromatic carbocycles. The van der Waals surface area contributed by atoms with Crippen LogP contribution in [0.15, 0.2) is 12.4 Å². The van der Waals surface area contributed by atoms with Gasteiger partial charge in [-0.2, -0.15) is 5.10 Å². The number of nitrogens with zero attached hydrogens (tertiary/aromatic N) is 4. The molecule has 0 saturated carbocycles. The van der Waals surface area contributed by atoms with Gasteiger partial charge in [0.25, 0.3) is 0 Å². The first kappa shape index (κ1) is 14.3. The predicted molar refractivity (Wildman–Crippen MR) is 79.8 cm³/mol. The molecule has 114 valence electrons. The largest absolute Gasteiger partial charge is 0.394 e. The topological polar surface area (TPSA) is 70.0 Å². The number of rotatable bonds is 5. The van der Waals surface area contributed by atoms with Gasteiger partial charge in [-0.15, -0.1) is 0 Å². The summed E-state index contributed by atoms with van der Waals surface area (Å²) < 4.78 is 1.91. The maximum Gasteiger partial charge on any atom is 0.123 e. The first-order chi connectivity index (χ1) is 10.2. The Morgan fingerprint density at radius 2 is 2.29 bits per heavy atom. The molecule has 0 spiro atoms. The molecule has 2 N–H and O–H groups in total. The Balaban J connectivity index is 1.80. The summed E-state index contributed by atoms with van der Waals surface area (Å²) in [6.45, 7) is 6.81. The summed E-state index contributed by atoms with van der Waals surface area (Å²) in [6, 6.07) is 0.375. The normalized spacial score (nSPS) is 19.5. The van der Waals surface area contributed by atoms with E-state index in [2.05, 4.69) is 26.9 Å². The Morgan fingerprint density at radius 1 is 1.43 bits per heavy atom. The fourth-order valence-corrected chi connectivity index (χ4v) is 3.26. The maximum atomic E-state index is 9.11. The van der Waals surface area contributed by atoms with Gasteiger partial charge in [0.1, 0.15) is 5.82 Å². The second kappa shape index (κ2) is 5.99. The zero-order chi connectivity index (χ0) is 14.8. The summed E-state index contributed by atoms with van der Waals surface area (Å²) in [5, 5.41) is 13.6. The van der Waals surface area contributed by atoms with Gasteiger partial charge < -0.3 is 10.1 Å². The third-order valence-corrected chi connectivity index (χ3v) is 4.40. The number of aliphatic hydroxyl groups is 1. The molecule has 2 aromatic rings. The molecule has 0 radical (unpaired) electrons. The van der Waals surface area contributed by atoms with Gasteiger partial charge in [-0.1, -0.05) is 0 Å². The van der Waals surface area contributed by atoms with E-state index in [4.69, 9.17) is 5.11 Å². The van der Waals surface area contributed by atoms with Crippen molar-refractivity contribution in [2.75, 3.05) is 13.2 Å². The van der Waals surface area contributed by atoms with Gasteiger partial charge in [0.05, 0.1) is 24.9 Å². The second-order valence-corrected chi connectivity index (χ2v) is 5.70. The number of nitrogens with one attached hydrogen (secondary N) is 1. The summed E-state index contributed by atoms with van der Waals surface area (Å²) in [7, 11) is 0. The van der Waals surface area contributed by atoms with Crippen molar-refractivity contribution >= 4 is 0 Å². The number of likely N-dealkylation sites (tertiary alicyclic amines) is 1. The van der Waals surface area contributed by atoms with E-state index < -0.39 is 0 Å². The third-order valence-electron chi connectivity index (χ3n) is 4.40. The number of aliphatic hydroxyl groups excluding tert-OH is 1. The lowest BCUT2D eigenvalue weighted by atomic mass is 10.1. The van der Waals surface area contributed by atoms with E-state index in [9.17, 15) is 0 Å². The average molecular weight is 289 g/mol. The molecule has 3 rings (SSSR count). The summed E-state index contributed by atoms with van der Waals surface area (Å²) in [5.41, 5.74) is 3.50. The third kappa shape index (κ3) is 2.73. The van der Waals surface area contributed by atoms with E-state index in [1.165, 1.54) is 12.0 Å². The highest BCUT2D eigenvalue weighted by Crippen LogP contribution is 2.32. The zero-order valence-electron chi connectivity index (χ0n) is 12.7. The zero-order valence-corrected chi connectivity index (χ0v) is 12.7. The van der Waals surface area contributed by atoms with Crippen LogP contribution in [-0.4, -0.2) is 42.9 Å². The van der Waals surface area contributed by atoms with Crippen LogP contribution in [-0.2, 0) is 13.1 Å². The SMILES string of the molecule is Cc1nn(CCO)c(C)c1CN1CCC[C@@H]1c1ncc[nH]1. The number of aromatic nitrogens is 4. The smallest absolute Gasteiger partial charge is 0.123 e. The monoisotopic (exact) mass is 289 g/mol. The van der Waals surface area contributed by atoms with Gasteiger partial charge in [-0.3, -0.25) is 9.58 Å². The van der Waals surface area contributed by atoms with Gasteiger partial charge >= 0.3 is 0 Å². The Hall–Kier alpha value is -1.66.